The predicted molar refractivity (Wildman–Crippen MR) is 78.3 cm³/mol. The molecular weight excluding hydrogens is 306 g/mol. The summed E-state index contributed by atoms with van der Waals surface area (Å²) in [5.74, 6) is 1.00. The van der Waals surface area contributed by atoms with Gasteiger partial charge in [0, 0.05) is 12.0 Å². The van der Waals surface area contributed by atoms with Gasteiger partial charge < -0.3 is 10.5 Å². The van der Waals surface area contributed by atoms with E-state index in [4.69, 9.17) is 10.5 Å². The molecule has 0 saturated heterocycles. The fraction of sp³-hybridized carbons (Fsp3) is 0.357. The van der Waals surface area contributed by atoms with Crippen molar-refractivity contribution in [1.29, 1.82) is 0 Å². The Bertz CT molecular complexity index is 594. The number of nitrogens with one attached hydrogen (secondary N) is 1. The lowest BCUT2D eigenvalue weighted by Crippen LogP contribution is -2.08. The number of benzene rings is 1. The van der Waals surface area contributed by atoms with E-state index in [-0.39, 0.29) is 0 Å². The number of rotatable bonds is 3. The van der Waals surface area contributed by atoms with Crippen LogP contribution in [0, 0.1) is 0 Å². The summed E-state index contributed by atoms with van der Waals surface area (Å²) in [6, 6.07) is 6.26. The molecule has 1 aromatic carbocycles. The molecule has 0 radical (unpaired) electrons. The fourth-order valence-electron chi connectivity index (χ4n) is 2.37. The summed E-state index contributed by atoms with van der Waals surface area (Å²) in [5.41, 5.74) is 9.94. The monoisotopic (exact) mass is 321 g/mol. The van der Waals surface area contributed by atoms with Crippen LogP contribution in [0.25, 0.3) is 11.3 Å². The van der Waals surface area contributed by atoms with Gasteiger partial charge in [-0.15, -0.1) is 0 Å². The van der Waals surface area contributed by atoms with Crippen LogP contribution in [-0.4, -0.2) is 23.3 Å². The Morgan fingerprint density at radius 2 is 2.32 bits per heavy atom. The third kappa shape index (κ3) is 2.40. The quantitative estimate of drug-likeness (QED) is 0.913. The van der Waals surface area contributed by atoms with Gasteiger partial charge in [0.05, 0.1) is 16.8 Å². The molecule has 0 amide bonds. The minimum Gasteiger partial charge on any atom is -0.493 e. The smallest absolute Gasteiger partial charge is 0.122 e. The van der Waals surface area contributed by atoms with Gasteiger partial charge in [0.2, 0.25) is 0 Å². The van der Waals surface area contributed by atoms with E-state index in [0.29, 0.717) is 6.54 Å². The average molecular weight is 322 g/mol. The molecule has 0 atom stereocenters. The molecule has 1 aliphatic rings. The summed E-state index contributed by atoms with van der Waals surface area (Å²) >= 11 is 3.60. The van der Waals surface area contributed by atoms with Gasteiger partial charge in [-0.1, -0.05) is 0 Å². The number of aromatic amines is 1. The van der Waals surface area contributed by atoms with Gasteiger partial charge in [-0.25, -0.2) is 0 Å². The van der Waals surface area contributed by atoms with E-state index in [0.717, 1.165) is 53.0 Å². The van der Waals surface area contributed by atoms with Crippen LogP contribution in [0.15, 0.2) is 22.7 Å². The topological polar surface area (TPSA) is 63.9 Å². The Morgan fingerprint density at radius 1 is 1.42 bits per heavy atom. The summed E-state index contributed by atoms with van der Waals surface area (Å²) in [6.45, 7) is 1.43. The fourth-order valence-corrected chi connectivity index (χ4v) is 2.98. The van der Waals surface area contributed by atoms with E-state index >= 15 is 0 Å². The van der Waals surface area contributed by atoms with E-state index in [1.165, 1.54) is 5.56 Å². The first-order valence-electron chi connectivity index (χ1n) is 6.48. The Labute approximate surface area is 120 Å². The number of fused-ring (bicyclic) bond motifs is 1. The zero-order chi connectivity index (χ0) is 13.2. The van der Waals surface area contributed by atoms with Crippen molar-refractivity contribution in [2.75, 3.05) is 13.2 Å². The van der Waals surface area contributed by atoms with E-state index in [2.05, 4.69) is 38.3 Å². The van der Waals surface area contributed by atoms with E-state index in [1.807, 2.05) is 6.07 Å². The average Bonchev–Trinajstić information content (AvgIpc) is 2.80. The molecule has 2 heterocycles. The van der Waals surface area contributed by atoms with Crippen LogP contribution < -0.4 is 10.5 Å². The predicted octanol–water partition coefficient (Wildman–Crippen LogP) is 2.67. The molecule has 5 heteroatoms. The molecule has 100 valence electrons. The highest BCUT2D eigenvalue weighted by molar-refractivity contribution is 9.10. The summed E-state index contributed by atoms with van der Waals surface area (Å²) in [5, 5.41) is 7.43. The molecule has 19 heavy (non-hydrogen) atoms. The van der Waals surface area contributed by atoms with Crippen molar-refractivity contribution in [3.63, 3.8) is 0 Å². The van der Waals surface area contributed by atoms with Gasteiger partial charge in [0.1, 0.15) is 11.4 Å². The lowest BCUT2D eigenvalue weighted by atomic mass is 10.0. The molecule has 3 rings (SSSR count). The molecule has 0 aliphatic carbocycles. The maximum Gasteiger partial charge on any atom is 0.122 e. The van der Waals surface area contributed by atoms with Crippen LogP contribution in [0.3, 0.4) is 0 Å². The van der Waals surface area contributed by atoms with Crippen molar-refractivity contribution in [1.82, 2.24) is 10.2 Å². The molecule has 2 aromatic rings. The van der Waals surface area contributed by atoms with Crippen LogP contribution in [0.5, 0.6) is 5.75 Å². The molecule has 1 aliphatic heterocycles. The molecule has 1 aromatic heterocycles. The van der Waals surface area contributed by atoms with Gasteiger partial charge in [-0.05, 0) is 59.1 Å². The van der Waals surface area contributed by atoms with Crippen LogP contribution in [0.2, 0.25) is 0 Å². The molecule has 4 nitrogen and oxygen atoms in total. The highest BCUT2D eigenvalue weighted by Crippen LogP contribution is 2.33. The molecular formula is C14H16BrN3O. The van der Waals surface area contributed by atoms with Crippen molar-refractivity contribution in [2.45, 2.75) is 19.3 Å². The van der Waals surface area contributed by atoms with Gasteiger partial charge >= 0.3 is 0 Å². The molecule has 0 bridgehead atoms. The summed E-state index contributed by atoms with van der Waals surface area (Å²) in [6.07, 6.45) is 2.94. The second kappa shape index (κ2) is 5.35. The standard InChI is InChI=1S/C14H16BrN3O/c15-13-11(5-6-16)17-18-14(13)10-3-4-12-9(8-10)2-1-7-19-12/h3-4,8H,1-2,5-7,16H2,(H,17,18). The van der Waals surface area contributed by atoms with Crippen molar-refractivity contribution in [2.24, 2.45) is 5.73 Å². The molecule has 0 unspecified atom stereocenters. The Hall–Kier alpha value is -1.33. The second-order valence-electron chi connectivity index (χ2n) is 4.68. The number of aromatic nitrogens is 2. The first-order chi connectivity index (χ1) is 9.29. The molecule has 3 N–H and O–H groups in total. The second-order valence-corrected chi connectivity index (χ2v) is 5.47. The Balaban J connectivity index is 1.98. The van der Waals surface area contributed by atoms with Gasteiger partial charge in [0.15, 0.2) is 0 Å². The van der Waals surface area contributed by atoms with Crippen LogP contribution in [-0.2, 0) is 12.8 Å². The van der Waals surface area contributed by atoms with E-state index in [1.54, 1.807) is 0 Å². The van der Waals surface area contributed by atoms with Gasteiger partial charge in [-0.2, -0.15) is 5.10 Å². The Kier molecular flexibility index (Phi) is 3.57. The number of nitrogens with two attached hydrogens (primary N) is 1. The van der Waals surface area contributed by atoms with E-state index in [9.17, 15) is 0 Å². The third-order valence-corrected chi connectivity index (χ3v) is 4.21. The molecule has 0 spiro atoms. The highest BCUT2D eigenvalue weighted by Gasteiger charge is 2.15. The first-order valence-corrected chi connectivity index (χ1v) is 7.28. The Morgan fingerprint density at radius 3 is 3.16 bits per heavy atom. The van der Waals surface area contributed by atoms with Crippen LogP contribution in [0.1, 0.15) is 17.7 Å². The number of aryl methyl sites for hydroxylation is 1. The maximum atomic E-state index is 5.63. The zero-order valence-electron chi connectivity index (χ0n) is 10.6. The number of hydrogen-bond acceptors (Lipinski definition) is 3. The molecule has 0 saturated carbocycles. The normalized spacial score (nSPS) is 14.0. The minimum absolute atomic E-state index is 0.609. The lowest BCUT2D eigenvalue weighted by Gasteiger charge is -2.17. The van der Waals surface area contributed by atoms with Crippen molar-refractivity contribution < 1.29 is 4.74 Å². The summed E-state index contributed by atoms with van der Waals surface area (Å²) in [7, 11) is 0. The van der Waals surface area contributed by atoms with Crippen LogP contribution in [0.4, 0.5) is 0 Å². The highest BCUT2D eigenvalue weighted by atomic mass is 79.9. The number of ether oxygens (including phenoxy) is 1. The number of nitrogens with zero attached hydrogens (tertiary/aromatic N) is 1. The van der Waals surface area contributed by atoms with Crippen molar-refractivity contribution in [3.8, 4) is 17.0 Å². The lowest BCUT2D eigenvalue weighted by molar-refractivity contribution is 0.288. The third-order valence-electron chi connectivity index (χ3n) is 3.35. The van der Waals surface area contributed by atoms with Crippen LogP contribution >= 0.6 is 15.9 Å². The van der Waals surface area contributed by atoms with Crippen molar-refractivity contribution >= 4 is 15.9 Å². The minimum atomic E-state index is 0.609. The number of hydrogen-bond donors (Lipinski definition) is 2. The maximum absolute atomic E-state index is 5.63. The van der Waals surface area contributed by atoms with Gasteiger partial charge in [0.25, 0.3) is 0 Å². The number of H-pyrrole nitrogens is 1. The van der Waals surface area contributed by atoms with Gasteiger partial charge in [-0.3, -0.25) is 5.10 Å². The largest absolute Gasteiger partial charge is 0.493 e. The SMILES string of the molecule is NCCc1[nH]nc(-c2ccc3c(c2)CCCO3)c1Br. The zero-order valence-corrected chi connectivity index (χ0v) is 12.2. The first kappa shape index (κ1) is 12.7. The summed E-state index contributed by atoms with van der Waals surface area (Å²) in [4.78, 5) is 0. The van der Waals surface area contributed by atoms with E-state index < -0.39 is 0 Å². The molecule has 0 fully saturated rings. The number of halogens is 1. The van der Waals surface area contributed by atoms with Crippen molar-refractivity contribution in [3.05, 3.63) is 33.9 Å². The summed E-state index contributed by atoms with van der Waals surface area (Å²) < 4.78 is 6.64.